The predicted molar refractivity (Wildman–Crippen MR) is 530 cm³/mol. The van der Waals surface area contributed by atoms with Crippen molar-refractivity contribution in [3.05, 3.63) is 369 Å². The molecular formula is C110H99Br6N3O. The van der Waals surface area contributed by atoms with Gasteiger partial charge in [0.25, 0.3) is 0 Å². The van der Waals surface area contributed by atoms with Crippen molar-refractivity contribution in [1.82, 2.24) is 0 Å². The van der Waals surface area contributed by atoms with Crippen LogP contribution in [0.5, 0.6) is 0 Å². The van der Waals surface area contributed by atoms with Crippen LogP contribution in [0.2, 0.25) is 0 Å². The van der Waals surface area contributed by atoms with Crippen LogP contribution in [0, 0.1) is 6.92 Å². The molecule has 0 amide bonds. The number of rotatable bonds is 16. The highest BCUT2D eigenvalue weighted by atomic mass is 79.9. The van der Waals surface area contributed by atoms with Crippen LogP contribution in [-0.4, -0.2) is 0 Å². The van der Waals surface area contributed by atoms with Gasteiger partial charge in [-0.3, -0.25) is 0 Å². The normalized spacial score (nSPS) is 19.3. The van der Waals surface area contributed by atoms with E-state index in [0.717, 1.165) is 92.3 Å². The number of nitrogens with zero attached hydrogens (tertiary/aromatic N) is 3. The van der Waals surface area contributed by atoms with E-state index in [0.29, 0.717) is 21.7 Å². The average Bonchev–Trinajstić information content (AvgIpc) is 1.60. The fraction of sp³-hybridized carbons (Fsp3) is 0.236. The summed E-state index contributed by atoms with van der Waals surface area (Å²) in [7, 11) is 0. The smallest absolute Gasteiger partial charge is 0.0942 e. The Hall–Kier alpha value is -8.68. The van der Waals surface area contributed by atoms with Gasteiger partial charge in [0, 0.05) is 77.1 Å². The summed E-state index contributed by atoms with van der Waals surface area (Å²) in [6.45, 7) is 21.3. The molecule has 15 aromatic rings. The van der Waals surface area contributed by atoms with Gasteiger partial charge in [0.15, 0.2) is 0 Å². The maximum Gasteiger partial charge on any atom is 0.0942 e. The lowest BCUT2D eigenvalue weighted by Gasteiger charge is -2.52. The number of fused-ring (bicyclic) bond motifs is 11. The molecule has 0 N–H and O–H groups in total. The second-order valence-electron chi connectivity index (χ2n) is 35.2. The maximum absolute atomic E-state index is 7.05. The molecule has 4 bridgehead atoms. The Labute approximate surface area is 759 Å². The first-order chi connectivity index (χ1) is 57.9. The first kappa shape index (κ1) is 82.3. The molecule has 602 valence electrons. The van der Waals surface area contributed by atoms with Gasteiger partial charge in [-0.2, -0.15) is 0 Å². The summed E-state index contributed by atoms with van der Waals surface area (Å²) in [4.78, 5) is 7.13. The lowest BCUT2D eigenvalue weighted by molar-refractivity contribution is -0.151. The van der Waals surface area contributed by atoms with E-state index in [4.69, 9.17) is 4.74 Å². The van der Waals surface area contributed by atoms with E-state index in [1.807, 2.05) is 0 Å². The molecule has 0 aromatic heterocycles. The first-order valence-corrected chi connectivity index (χ1v) is 47.4. The fourth-order valence-corrected chi connectivity index (χ4v) is 22.8. The molecule has 2 unspecified atom stereocenters. The Balaban J connectivity index is 0.000000124. The van der Waals surface area contributed by atoms with Crippen LogP contribution in [0.1, 0.15) is 165 Å². The van der Waals surface area contributed by atoms with Gasteiger partial charge in [-0.15, -0.1) is 0 Å². The standard InChI is InChI=1S/C38H37Br2NO.2C36H31Br2N/c1-5-37(6-2)34-22-13-26(24-35(34)38(7-3,8-4)42-37)28-23-27-11-9-10-12-33(27)36(25-28)41(31-18-14-29(39)15-19-31)32-20-16-30(40)17-21-32;1-23-18-25(20-32-34(23)36(3)17-16-35(32,2)22-36)26-19-24-6-4-5-7-31(24)33(21-26)39(29-12-8-27(37)9-13-29)30-14-10-28(38)11-15-30;1-35-17-19-36(2,20-18-35)33-22-24(7-16-32(33)35)26-21-25-5-3-4-6-31(25)34(23-26)39(29-12-8-27(37)9-13-29)30-14-10-28(38)11-15-30/h9-25H,5-8H2,1-4H3;4-15,18-21H,16-17,22H2,1-3H3;3-16,21-23H,17-20H2,1-2H3. The largest absolute Gasteiger partial charge is 0.359 e. The summed E-state index contributed by atoms with van der Waals surface area (Å²) in [6, 6.07) is 111. The Morgan fingerprint density at radius 3 is 0.908 bits per heavy atom. The van der Waals surface area contributed by atoms with Crippen molar-refractivity contribution in [2.45, 2.75) is 166 Å². The summed E-state index contributed by atoms with van der Waals surface area (Å²) in [5.74, 6) is 0. The minimum absolute atomic E-state index is 0.214. The average molecular weight is 1960 g/mol. The summed E-state index contributed by atoms with van der Waals surface area (Å²) in [5, 5.41) is 7.41. The van der Waals surface area contributed by atoms with Crippen molar-refractivity contribution in [3.63, 3.8) is 0 Å². The van der Waals surface area contributed by atoms with E-state index in [-0.39, 0.29) is 11.2 Å². The molecule has 2 atom stereocenters. The van der Waals surface area contributed by atoms with Gasteiger partial charge in [-0.1, -0.05) is 266 Å². The van der Waals surface area contributed by atoms with Gasteiger partial charge in [0.05, 0.1) is 28.3 Å². The van der Waals surface area contributed by atoms with E-state index in [1.165, 1.54) is 139 Å². The van der Waals surface area contributed by atoms with Crippen LogP contribution < -0.4 is 14.7 Å². The zero-order chi connectivity index (χ0) is 83.2. The van der Waals surface area contributed by atoms with Gasteiger partial charge >= 0.3 is 0 Å². The van der Waals surface area contributed by atoms with Crippen molar-refractivity contribution in [3.8, 4) is 33.4 Å². The third kappa shape index (κ3) is 15.1. The van der Waals surface area contributed by atoms with E-state index in [9.17, 15) is 0 Å². The van der Waals surface area contributed by atoms with Crippen molar-refractivity contribution in [1.29, 1.82) is 0 Å². The molecule has 10 heteroatoms. The molecule has 0 spiro atoms. The molecule has 2 fully saturated rings. The van der Waals surface area contributed by atoms with E-state index in [2.05, 4.69) is 476 Å². The lowest BCUT2D eigenvalue weighted by atomic mass is 9.52. The van der Waals surface area contributed by atoms with E-state index >= 15 is 0 Å². The zero-order valence-corrected chi connectivity index (χ0v) is 79.2. The highest BCUT2D eigenvalue weighted by Crippen LogP contribution is 2.63. The van der Waals surface area contributed by atoms with Gasteiger partial charge < -0.3 is 19.4 Å². The monoisotopic (exact) mass is 1950 g/mol. The number of ether oxygens (including phenoxy) is 1. The van der Waals surface area contributed by atoms with Crippen LogP contribution in [-0.2, 0) is 37.6 Å². The van der Waals surface area contributed by atoms with Crippen LogP contribution in [0.15, 0.2) is 330 Å². The Kier molecular flexibility index (Phi) is 22.5. The minimum Gasteiger partial charge on any atom is -0.359 e. The van der Waals surface area contributed by atoms with E-state index < -0.39 is 0 Å². The molecule has 2 saturated carbocycles. The summed E-state index contributed by atoms with van der Waals surface area (Å²) < 4.78 is 13.5. The van der Waals surface area contributed by atoms with Crippen LogP contribution >= 0.6 is 95.6 Å². The third-order valence-electron chi connectivity index (χ3n) is 27.8. The summed E-state index contributed by atoms with van der Waals surface area (Å²) in [6.07, 6.45) is 13.0. The maximum atomic E-state index is 7.05. The zero-order valence-electron chi connectivity index (χ0n) is 69.7. The highest BCUT2D eigenvalue weighted by molar-refractivity contribution is 9.11. The molecule has 1 heterocycles. The fourth-order valence-electron chi connectivity index (χ4n) is 21.2. The Morgan fingerprint density at radius 1 is 0.267 bits per heavy atom. The second kappa shape index (κ2) is 32.9. The number of aryl methyl sites for hydroxylation is 1. The van der Waals surface area contributed by atoms with Gasteiger partial charge in [0.1, 0.15) is 0 Å². The molecule has 6 aliphatic rings. The summed E-state index contributed by atoms with van der Waals surface area (Å²) >= 11 is 21.8. The van der Waals surface area contributed by atoms with Crippen LogP contribution in [0.4, 0.5) is 51.2 Å². The summed E-state index contributed by atoms with van der Waals surface area (Å²) in [5.41, 5.74) is 29.2. The molecule has 15 aromatic carbocycles. The lowest BCUT2D eigenvalue weighted by Crippen LogP contribution is -2.44. The van der Waals surface area contributed by atoms with Gasteiger partial charge in [0.2, 0.25) is 0 Å². The second-order valence-corrected chi connectivity index (χ2v) is 40.7. The molecule has 4 nitrogen and oxygen atoms in total. The molecule has 0 radical (unpaired) electrons. The number of anilines is 9. The predicted octanol–water partition coefficient (Wildman–Crippen LogP) is 35.7. The quantitative estimate of drug-likeness (QED) is 0.0960. The molecule has 0 saturated heterocycles. The van der Waals surface area contributed by atoms with Gasteiger partial charge in [-0.25, -0.2) is 0 Å². The number of benzene rings is 15. The molecule has 21 rings (SSSR count). The number of hydrogen-bond donors (Lipinski definition) is 0. The topological polar surface area (TPSA) is 19.0 Å². The SMILES string of the molecule is CC12CCC(C)(CC1)c1cc(-c3cc(N(c4ccc(Br)cc4)c4ccc(Br)cc4)c4ccccc4c3)ccc12.CCC1(CC)OC(CC)(CC)c2cc(-c3cc(N(c4ccc(Br)cc4)c4ccc(Br)cc4)c4ccccc4c3)ccc21.Cc1cc(-c2cc(N(c3ccc(Br)cc3)c3ccc(Br)cc3)c3ccccc3c2)cc2c1C1(C)CCC2(C)C1. The van der Waals surface area contributed by atoms with Crippen molar-refractivity contribution < 1.29 is 4.74 Å². The van der Waals surface area contributed by atoms with Crippen LogP contribution in [0.25, 0.3) is 65.7 Å². The van der Waals surface area contributed by atoms with Gasteiger partial charge in [-0.05, 0) is 376 Å². The van der Waals surface area contributed by atoms with E-state index in [1.54, 1.807) is 22.3 Å². The van der Waals surface area contributed by atoms with Crippen molar-refractivity contribution in [2.75, 3.05) is 14.7 Å². The Bertz CT molecular complexity index is 6250. The first-order valence-electron chi connectivity index (χ1n) is 42.6. The number of halogens is 6. The van der Waals surface area contributed by atoms with Crippen molar-refractivity contribution >= 4 is 179 Å². The van der Waals surface area contributed by atoms with Crippen LogP contribution in [0.3, 0.4) is 0 Å². The van der Waals surface area contributed by atoms with Crippen molar-refractivity contribution in [2.24, 2.45) is 0 Å². The molecule has 1 aliphatic heterocycles. The number of hydrogen-bond acceptors (Lipinski definition) is 4. The molecule has 120 heavy (non-hydrogen) atoms. The third-order valence-corrected chi connectivity index (χ3v) is 31.0. The highest BCUT2D eigenvalue weighted by Gasteiger charge is 2.54. The molecular weight excluding hydrogens is 1860 g/mol. The minimum atomic E-state index is -0.252. The Morgan fingerprint density at radius 2 is 0.550 bits per heavy atom. The molecule has 5 aliphatic carbocycles.